The van der Waals surface area contributed by atoms with Crippen LogP contribution in [0.3, 0.4) is 0 Å². The van der Waals surface area contributed by atoms with Crippen molar-refractivity contribution in [3.05, 3.63) is 11.6 Å². The van der Waals surface area contributed by atoms with Crippen molar-refractivity contribution in [2.75, 3.05) is 6.54 Å². The van der Waals surface area contributed by atoms with Crippen LogP contribution in [0.4, 0.5) is 0 Å². The molecule has 0 aliphatic carbocycles. The number of aromatic amines is 1. The highest BCUT2D eigenvalue weighted by Gasteiger charge is 2.18. The van der Waals surface area contributed by atoms with E-state index in [0.717, 1.165) is 18.2 Å². The van der Waals surface area contributed by atoms with E-state index in [1.807, 2.05) is 6.92 Å². The number of halogens is 2. The van der Waals surface area contributed by atoms with Crippen LogP contribution in [0.25, 0.3) is 0 Å². The summed E-state index contributed by atoms with van der Waals surface area (Å²) >= 11 is 0. The van der Waals surface area contributed by atoms with Crippen LogP contribution in [0.1, 0.15) is 30.5 Å². The Morgan fingerprint density at radius 3 is 2.62 bits per heavy atom. The lowest BCUT2D eigenvalue weighted by Crippen LogP contribution is -2.14. The molecular formula is C7H14Cl2N4. The third-order valence-corrected chi connectivity index (χ3v) is 2.00. The predicted octanol–water partition coefficient (Wildman–Crippen LogP) is 1.38. The summed E-state index contributed by atoms with van der Waals surface area (Å²) in [5.74, 6) is 1.81. The minimum absolute atomic E-state index is 0. The maximum Gasteiger partial charge on any atom is 0.147 e. The second-order valence-electron chi connectivity index (χ2n) is 2.92. The molecule has 1 aliphatic heterocycles. The van der Waals surface area contributed by atoms with Crippen LogP contribution < -0.4 is 5.32 Å². The Hall–Kier alpha value is -0.320. The van der Waals surface area contributed by atoms with Crippen molar-refractivity contribution in [1.82, 2.24) is 20.5 Å². The zero-order chi connectivity index (χ0) is 7.68. The van der Waals surface area contributed by atoms with Crippen molar-refractivity contribution in [2.24, 2.45) is 0 Å². The molecule has 76 valence electrons. The Morgan fingerprint density at radius 2 is 2.15 bits per heavy atom. The van der Waals surface area contributed by atoms with Crippen molar-refractivity contribution in [3.63, 3.8) is 0 Å². The van der Waals surface area contributed by atoms with Crippen LogP contribution in [0, 0.1) is 6.92 Å². The maximum absolute atomic E-state index is 4.26. The Balaban J connectivity index is 0.000000720. The summed E-state index contributed by atoms with van der Waals surface area (Å²) in [6.07, 6.45) is 2.42. The first-order valence-electron chi connectivity index (χ1n) is 3.98. The van der Waals surface area contributed by atoms with Gasteiger partial charge < -0.3 is 5.32 Å². The molecule has 2 rings (SSSR count). The smallest absolute Gasteiger partial charge is 0.147 e. The van der Waals surface area contributed by atoms with Crippen molar-refractivity contribution in [3.8, 4) is 0 Å². The van der Waals surface area contributed by atoms with E-state index < -0.39 is 0 Å². The summed E-state index contributed by atoms with van der Waals surface area (Å²) < 4.78 is 0. The van der Waals surface area contributed by atoms with Gasteiger partial charge in [0.25, 0.3) is 0 Å². The summed E-state index contributed by atoms with van der Waals surface area (Å²) in [4.78, 5) is 4.26. The predicted molar refractivity (Wildman–Crippen MR) is 55.6 cm³/mol. The second kappa shape index (κ2) is 5.42. The van der Waals surface area contributed by atoms with Crippen LogP contribution in [-0.2, 0) is 0 Å². The molecule has 0 bridgehead atoms. The quantitative estimate of drug-likeness (QED) is 0.759. The highest BCUT2D eigenvalue weighted by atomic mass is 35.5. The number of aromatic nitrogens is 3. The van der Waals surface area contributed by atoms with E-state index in [0.29, 0.717) is 6.04 Å². The van der Waals surface area contributed by atoms with Crippen molar-refractivity contribution in [2.45, 2.75) is 25.8 Å². The first kappa shape index (κ1) is 12.7. The lowest BCUT2D eigenvalue weighted by Gasteiger charge is -2.03. The number of nitrogens with zero attached hydrogens (tertiary/aromatic N) is 2. The van der Waals surface area contributed by atoms with Gasteiger partial charge in [0.05, 0.1) is 6.04 Å². The van der Waals surface area contributed by atoms with Gasteiger partial charge in [0.2, 0.25) is 0 Å². The maximum atomic E-state index is 4.26. The molecule has 0 unspecified atom stereocenters. The minimum atomic E-state index is 0. The number of hydrogen-bond donors (Lipinski definition) is 2. The number of nitrogens with one attached hydrogen (secondary N) is 2. The summed E-state index contributed by atoms with van der Waals surface area (Å²) in [6.45, 7) is 3.00. The zero-order valence-corrected chi connectivity index (χ0v) is 9.04. The third-order valence-electron chi connectivity index (χ3n) is 2.00. The standard InChI is InChI=1S/C7H12N4.2ClH/c1-5-9-7(11-10-5)6-3-2-4-8-6;;/h6,8H,2-4H2,1H3,(H,9,10,11);2*1H/t6-;;/m1../s1. The van der Waals surface area contributed by atoms with Gasteiger partial charge in [-0.25, -0.2) is 4.98 Å². The van der Waals surface area contributed by atoms with Gasteiger partial charge in [-0.3, -0.25) is 5.10 Å². The number of hydrogen-bond acceptors (Lipinski definition) is 3. The van der Waals surface area contributed by atoms with Crippen LogP contribution in [0.5, 0.6) is 0 Å². The first-order chi connectivity index (χ1) is 5.36. The Bertz CT molecular complexity index is 244. The Kier molecular flexibility index (Phi) is 5.29. The molecule has 0 aromatic carbocycles. The van der Waals surface area contributed by atoms with E-state index in [4.69, 9.17) is 0 Å². The average molecular weight is 225 g/mol. The minimum Gasteiger partial charge on any atom is -0.307 e. The van der Waals surface area contributed by atoms with Gasteiger partial charge in [-0.05, 0) is 26.3 Å². The highest BCUT2D eigenvalue weighted by molar-refractivity contribution is 5.85. The van der Waals surface area contributed by atoms with Crippen LogP contribution >= 0.6 is 24.8 Å². The van der Waals surface area contributed by atoms with Gasteiger partial charge in [0.1, 0.15) is 11.6 Å². The zero-order valence-electron chi connectivity index (χ0n) is 7.41. The van der Waals surface area contributed by atoms with E-state index in [1.54, 1.807) is 0 Å². The lowest BCUT2D eigenvalue weighted by atomic mass is 10.2. The number of rotatable bonds is 1. The molecule has 1 atom stereocenters. The normalized spacial score (nSPS) is 20.5. The van der Waals surface area contributed by atoms with E-state index in [-0.39, 0.29) is 24.8 Å². The van der Waals surface area contributed by atoms with Crippen molar-refractivity contribution >= 4 is 24.8 Å². The van der Waals surface area contributed by atoms with Crippen molar-refractivity contribution < 1.29 is 0 Å². The molecule has 1 fully saturated rings. The molecule has 4 nitrogen and oxygen atoms in total. The van der Waals surface area contributed by atoms with Gasteiger partial charge in [-0.15, -0.1) is 24.8 Å². The summed E-state index contributed by atoms with van der Waals surface area (Å²) in [7, 11) is 0. The van der Waals surface area contributed by atoms with E-state index in [1.165, 1.54) is 12.8 Å². The Labute approximate surface area is 89.7 Å². The second-order valence-corrected chi connectivity index (χ2v) is 2.92. The van der Waals surface area contributed by atoms with Gasteiger partial charge >= 0.3 is 0 Å². The molecule has 0 saturated carbocycles. The molecule has 1 aromatic rings. The molecule has 1 saturated heterocycles. The highest BCUT2D eigenvalue weighted by Crippen LogP contribution is 2.18. The van der Waals surface area contributed by atoms with Gasteiger partial charge in [-0.2, -0.15) is 5.10 Å². The topological polar surface area (TPSA) is 53.6 Å². The van der Waals surface area contributed by atoms with E-state index in [9.17, 15) is 0 Å². The number of aryl methyl sites for hydroxylation is 1. The molecule has 13 heavy (non-hydrogen) atoms. The largest absolute Gasteiger partial charge is 0.307 e. The van der Waals surface area contributed by atoms with E-state index >= 15 is 0 Å². The third kappa shape index (κ3) is 2.83. The summed E-state index contributed by atoms with van der Waals surface area (Å²) in [5, 5.41) is 10.3. The molecule has 1 aliphatic rings. The lowest BCUT2D eigenvalue weighted by molar-refractivity contribution is 0.607. The van der Waals surface area contributed by atoms with Gasteiger partial charge in [0, 0.05) is 0 Å². The molecule has 0 radical (unpaired) electrons. The number of H-pyrrole nitrogens is 1. The molecule has 0 spiro atoms. The molecule has 2 heterocycles. The molecular weight excluding hydrogens is 211 g/mol. The fourth-order valence-electron chi connectivity index (χ4n) is 1.44. The Morgan fingerprint density at radius 1 is 1.38 bits per heavy atom. The fraction of sp³-hybridized carbons (Fsp3) is 0.714. The van der Waals surface area contributed by atoms with Gasteiger partial charge in [-0.1, -0.05) is 0 Å². The van der Waals surface area contributed by atoms with Crippen LogP contribution in [-0.4, -0.2) is 21.7 Å². The first-order valence-corrected chi connectivity index (χ1v) is 3.98. The SMILES string of the molecule is Cc1n[nH]c([C@H]2CCCN2)n1.Cl.Cl. The molecule has 2 N–H and O–H groups in total. The van der Waals surface area contributed by atoms with Crippen LogP contribution in [0.15, 0.2) is 0 Å². The van der Waals surface area contributed by atoms with Crippen molar-refractivity contribution in [1.29, 1.82) is 0 Å². The average Bonchev–Trinajstić information content (AvgIpc) is 2.55. The van der Waals surface area contributed by atoms with E-state index in [2.05, 4.69) is 20.5 Å². The molecule has 6 heteroatoms. The molecule has 0 amide bonds. The fourth-order valence-corrected chi connectivity index (χ4v) is 1.44. The molecule has 1 aromatic heterocycles. The summed E-state index contributed by atoms with van der Waals surface area (Å²) in [5.41, 5.74) is 0. The summed E-state index contributed by atoms with van der Waals surface area (Å²) in [6, 6.07) is 0.413. The monoisotopic (exact) mass is 224 g/mol. The van der Waals surface area contributed by atoms with Gasteiger partial charge in [0.15, 0.2) is 0 Å². The van der Waals surface area contributed by atoms with Crippen LogP contribution in [0.2, 0.25) is 0 Å².